The summed E-state index contributed by atoms with van der Waals surface area (Å²) in [6.07, 6.45) is -4.83. The minimum absolute atomic E-state index is 0.00699. The summed E-state index contributed by atoms with van der Waals surface area (Å²) >= 11 is 0. The van der Waals surface area contributed by atoms with Crippen molar-refractivity contribution >= 4 is 17.5 Å². The Labute approximate surface area is 142 Å². The Morgan fingerprint density at radius 1 is 0.885 bits per heavy atom. The Morgan fingerprint density at radius 3 is 1.96 bits per heavy atom. The zero-order valence-corrected chi connectivity index (χ0v) is 13.3. The number of halogens is 7. The largest absolute Gasteiger partial charge is 0.433 e. The summed E-state index contributed by atoms with van der Waals surface area (Å²) in [5, 5.41) is 2.54. The number of alkyl halides is 3. The second kappa shape index (κ2) is 7.22. The third kappa shape index (κ3) is 4.43. The molecule has 3 N–H and O–H groups in total. The van der Waals surface area contributed by atoms with Crippen LogP contribution in [0.4, 0.5) is 48.2 Å². The van der Waals surface area contributed by atoms with Gasteiger partial charge in [0.2, 0.25) is 5.95 Å². The van der Waals surface area contributed by atoms with Crippen LogP contribution in [0.2, 0.25) is 0 Å². The summed E-state index contributed by atoms with van der Waals surface area (Å²) in [6, 6.07) is 0.128. The summed E-state index contributed by atoms with van der Waals surface area (Å²) < 4.78 is 92.1. The number of aromatic nitrogens is 2. The third-order valence-corrected chi connectivity index (χ3v) is 2.86. The van der Waals surface area contributed by atoms with Crippen LogP contribution in [0.3, 0.4) is 0 Å². The lowest BCUT2D eigenvalue weighted by Crippen LogP contribution is -2.20. The monoisotopic (exact) mass is 383 g/mol. The Kier molecular flexibility index (Phi) is 5.42. The normalized spacial score (nSPS) is 11.6. The number of nitrogens with one attached hydrogen (secondary N) is 3. The molecule has 0 bridgehead atoms. The molecule has 26 heavy (non-hydrogen) atoms. The fourth-order valence-electron chi connectivity index (χ4n) is 1.79. The molecule has 0 aliphatic carbocycles. The van der Waals surface area contributed by atoms with Gasteiger partial charge in [0.25, 0.3) is 0 Å². The van der Waals surface area contributed by atoms with Gasteiger partial charge in [-0.3, -0.25) is 10.9 Å². The van der Waals surface area contributed by atoms with Gasteiger partial charge >= 0.3 is 6.18 Å². The van der Waals surface area contributed by atoms with E-state index in [-0.39, 0.29) is 12.1 Å². The van der Waals surface area contributed by atoms with Crippen molar-refractivity contribution in [3.05, 3.63) is 41.1 Å². The molecule has 2 aromatic rings. The van der Waals surface area contributed by atoms with Crippen LogP contribution in [0, 0.1) is 23.3 Å². The van der Waals surface area contributed by atoms with Gasteiger partial charge in [0.15, 0.2) is 34.8 Å². The van der Waals surface area contributed by atoms with E-state index in [0.717, 1.165) is 0 Å². The second-order valence-electron chi connectivity index (χ2n) is 5.35. The molecule has 0 fully saturated rings. The van der Waals surface area contributed by atoms with Gasteiger partial charge in [-0.1, -0.05) is 0 Å². The quantitative estimate of drug-likeness (QED) is 0.408. The Hall–Kier alpha value is -2.79. The molecule has 0 saturated carbocycles. The number of hydrazine groups is 1. The zero-order chi connectivity index (χ0) is 19.6. The van der Waals surface area contributed by atoms with Gasteiger partial charge in [-0.2, -0.15) is 18.2 Å². The van der Waals surface area contributed by atoms with Crippen molar-refractivity contribution < 1.29 is 30.7 Å². The van der Waals surface area contributed by atoms with Crippen molar-refractivity contribution in [3.8, 4) is 0 Å². The van der Waals surface area contributed by atoms with Gasteiger partial charge in [-0.15, -0.1) is 0 Å². The summed E-state index contributed by atoms with van der Waals surface area (Å²) in [7, 11) is 0. The Bertz CT molecular complexity index is 781. The van der Waals surface area contributed by atoms with Gasteiger partial charge in [0, 0.05) is 18.2 Å². The summed E-state index contributed by atoms with van der Waals surface area (Å²) in [4.78, 5) is 6.96. The number of anilines is 3. The van der Waals surface area contributed by atoms with Crippen molar-refractivity contribution in [3.63, 3.8) is 0 Å². The predicted molar refractivity (Wildman–Crippen MR) is 79.3 cm³/mol. The first kappa shape index (κ1) is 19.5. The topological polar surface area (TPSA) is 61.9 Å². The Balaban J connectivity index is 2.35. The van der Waals surface area contributed by atoms with E-state index >= 15 is 0 Å². The molecule has 0 radical (unpaired) electrons. The third-order valence-electron chi connectivity index (χ3n) is 2.86. The summed E-state index contributed by atoms with van der Waals surface area (Å²) in [5.74, 6) is -7.85. The molecule has 0 atom stereocenters. The van der Waals surface area contributed by atoms with E-state index in [1.165, 1.54) is 0 Å². The average molecular weight is 383 g/mol. The first-order chi connectivity index (χ1) is 12.0. The molecular formula is C14H12F7N5. The number of benzene rings is 1. The molecular weight excluding hydrogens is 371 g/mol. The zero-order valence-electron chi connectivity index (χ0n) is 13.3. The molecule has 0 spiro atoms. The van der Waals surface area contributed by atoms with Crippen molar-refractivity contribution in [2.75, 3.05) is 16.2 Å². The lowest BCUT2D eigenvalue weighted by Gasteiger charge is -2.15. The maximum Gasteiger partial charge on any atom is 0.433 e. The molecule has 2 rings (SSSR count). The van der Waals surface area contributed by atoms with E-state index in [0.29, 0.717) is 6.07 Å². The van der Waals surface area contributed by atoms with Gasteiger partial charge in [0.1, 0.15) is 5.69 Å². The van der Waals surface area contributed by atoms with Crippen LogP contribution >= 0.6 is 0 Å². The van der Waals surface area contributed by atoms with E-state index in [1.807, 2.05) is 5.43 Å². The fourth-order valence-corrected chi connectivity index (χ4v) is 1.79. The fraction of sp³-hybridized carbons (Fsp3) is 0.286. The van der Waals surface area contributed by atoms with Crippen molar-refractivity contribution in [1.29, 1.82) is 0 Å². The molecule has 0 aliphatic heterocycles. The lowest BCUT2D eigenvalue weighted by molar-refractivity contribution is -0.141. The van der Waals surface area contributed by atoms with E-state index < -0.39 is 52.6 Å². The van der Waals surface area contributed by atoms with E-state index in [9.17, 15) is 30.7 Å². The van der Waals surface area contributed by atoms with Crippen LogP contribution in [0.15, 0.2) is 12.1 Å². The molecule has 1 aromatic heterocycles. The van der Waals surface area contributed by atoms with Crippen LogP contribution in [-0.4, -0.2) is 16.0 Å². The van der Waals surface area contributed by atoms with Gasteiger partial charge in [-0.25, -0.2) is 22.5 Å². The molecule has 0 aliphatic rings. The van der Waals surface area contributed by atoms with E-state index in [1.54, 1.807) is 19.3 Å². The Morgan fingerprint density at radius 2 is 1.46 bits per heavy atom. The first-order valence-corrected chi connectivity index (χ1v) is 7.07. The number of nitrogens with zero attached hydrogens (tertiary/aromatic N) is 2. The van der Waals surface area contributed by atoms with Crippen molar-refractivity contribution in [2.24, 2.45) is 0 Å². The first-order valence-electron chi connectivity index (χ1n) is 7.07. The van der Waals surface area contributed by atoms with Crippen LogP contribution < -0.4 is 16.2 Å². The smallest absolute Gasteiger partial charge is 0.352 e. The molecule has 0 saturated heterocycles. The summed E-state index contributed by atoms with van der Waals surface area (Å²) in [6.45, 7) is 3.24. The number of rotatable bonds is 5. The molecule has 1 heterocycles. The minimum atomic E-state index is -4.83. The van der Waals surface area contributed by atoms with Crippen LogP contribution in [0.1, 0.15) is 19.5 Å². The minimum Gasteiger partial charge on any atom is -0.352 e. The van der Waals surface area contributed by atoms with Crippen LogP contribution in [-0.2, 0) is 6.18 Å². The van der Waals surface area contributed by atoms with Crippen molar-refractivity contribution in [2.45, 2.75) is 26.1 Å². The van der Waals surface area contributed by atoms with Gasteiger partial charge in [-0.05, 0) is 13.8 Å². The maximum atomic E-state index is 13.6. The number of hydrogen-bond donors (Lipinski definition) is 3. The van der Waals surface area contributed by atoms with Gasteiger partial charge in [0.05, 0.1) is 0 Å². The van der Waals surface area contributed by atoms with Crippen molar-refractivity contribution in [1.82, 2.24) is 9.97 Å². The standard InChI is InChI=1S/C14H12F7N5/c1-5(2)22-13-23-8(14(19,20)21)4-9(24-13)25-26-12-10(17)6(15)3-7(16)11(12)18/h3-5,26H,1-2H3,(H2,22,23,24,25). The second-order valence-corrected chi connectivity index (χ2v) is 5.35. The SMILES string of the molecule is CC(C)Nc1nc(NNc2c(F)c(F)cc(F)c2F)cc(C(F)(F)F)n1. The highest BCUT2D eigenvalue weighted by atomic mass is 19.4. The molecule has 142 valence electrons. The average Bonchev–Trinajstić information content (AvgIpc) is 2.51. The van der Waals surface area contributed by atoms with Crippen LogP contribution in [0.25, 0.3) is 0 Å². The molecule has 0 unspecified atom stereocenters. The maximum absolute atomic E-state index is 13.6. The molecule has 12 heteroatoms. The van der Waals surface area contributed by atoms with E-state index in [2.05, 4.69) is 15.3 Å². The highest BCUT2D eigenvalue weighted by Crippen LogP contribution is 2.30. The van der Waals surface area contributed by atoms with Crippen LogP contribution in [0.5, 0.6) is 0 Å². The highest BCUT2D eigenvalue weighted by Gasteiger charge is 2.34. The molecule has 5 nitrogen and oxygen atoms in total. The lowest BCUT2D eigenvalue weighted by atomic mass is 10.2. The summed E-state index contributed by atoms with van der Waals surface area (Å²) in [5.41, 5.74) is 1.14. The van der Waals surface area contributed by atoms with E-state index in [4.69, 9.17) is 0 Å². The predicted octanol–water partition coefficient (Wildman–Crippen LogP) is 4.31. The number of hydrogen-bond acceptors (Lipinski definition) is 5. The van der Waals surface area contributed by atoms with Gasteiger partial charge < -0.3 is 5.32 Å². The highest BCUT2D eigenvalue weighted by molar-refractivity contribution is 5.53. The molecule has 0 amide bonds. The molecule has 1 aromatic carbocycles.